The maximum Gasteiger partial charge on any atom is 0.251 e. The van der Waals surface area contributed by atoms with Crippen molar-refractivity contribution in [3.63, 3.8) is 0 Å². The van der Waals surface area contributed by atoms with Crippen molar-refractivity contribution < 1.29 is 18.0 Å². The molecule has 1 saturated carbocycles. The SMILES string of the molecule is O=C(C1CCCN(Cc2nnc(C3CC3)o2)C1)N1CCC(F)(F)CC1. The van der Waals surface area contributed by atoms with Gasteiger partial charge in [-0.1, -0.05) is 0 Å². The van der Waals surface area contributed by atoms with Crippen molar-refractivity contribution in [1.82, 2.24) is 20.0 Å². The number of halogens is 2. The van der Waals surface area contributed by atoms with Crippen LogP contribution in [0.4, 0.5) is 8.78 Å². The average Bonchev–Trinajstić information content (AvgIpc) is 3.35. The second-order valence-corrected chi connectivity index (χ2v) is 7.56. The van der Waals surface area contributed by atoms with Gasteiger partial charge in [0.15, 0.2) is 0 Å². The Balaban J connectivity index is 1.31. The van der Waals surface area contributed by atoms with Crippen LogP contribution in [0.25, 0.3) is 0 Å². The number of rotatable bonds is 4. The average molecular weight is 354 g/mol. The molecule has 0 aromatic carbocycles. The first-order chi connectivity index (χ1) is 12.0. The topological polar surface area (TPSA) is 62.5 Å². The van der Waals surface area contributed by atoms with Gasteiger partial charge in [-0.2, -0.15) is 0 Å². The minimum absolute atomic E-state index is 0.0180. The molecule has 4 rings (SSSR count). The molecule has 0 bridgehead atoms. The van der Waals surface area contributed by atoms with Crippen LogP contribution in [0.1, 0.15) is 56.2 Å². The van der Waals surface area contributed by atoms with E-state index in [2.05, 4.69) is 15.1 Å². The maximum atomic E-state index is 13.3. The van der Waals surface area contributed by atoms with Gasteiger partial charge in [-0.3, -0.25) is 9.69 Å². The summed E-state index contributed by atoms with van der Waals surface area (Å²) in [5.74, 6) is -0.946. The molecule has 1 unspecified atom stereocenters. The van der Waals surface area contributed by atoms with E-state index in [-0.39, 0.29) is 37.8 Å². The third kappa shape index (κ3) is 3.99. The van der Waals surface area contributed by atoms with Crippen molar-refractivity contribution in [2.24, 2.45) is 5.92 Å². The smallest absolute Gasteiger partial charge is 0.251 e. The highest BCUT2D eigenvalue weighted by Crippen LogP contribution is 2.39. The van der Waals surface area contributed by atoms with Crippen LogP contribution in [0.3, 0.4) is 0 Å². The first-order valence-corrected chi connectivity index (χ1v) is 9.21. The van der Waals surface area contributed by atoms with E-state index in [1.165, 1.54) is 0 Å². The van der Waals surface area contributed by atoms with E-state index in [0.29, 0.717) is 24.9 Å². The zero-order valence-corrected chi connectivity index (χ0v) is 14.3. The maximum absolute atomic E-state index is 13.3. The first kappa shape index (κ1) is 16.9. The molecule has 8 heteroatoms. The summed E-state index contributed by atoms with van der Waals surface area (Å²) in [6.45, 7) is 2.41. The summed E-state index contributed by atoms with van der Waals surface area (Å²) in [6, 6.07) is 0. The summed E-state index contributed by atoms with van der Waals surface area (Å²) in [5, 5.41) is 8.21. The molecule has 1 aromatic rings. The molecule has 1 atom stereocenters. The Morgan fingerprint density at radius 2 is 1.92 bits per heavy atom. The van der Waals surface area contributed by atoms with Crippen molar-refractivity contribution in [2.75, 3.05) is 26.2 Å². The highest BCUT2D eigenvalue weighted by atomic mass is 19.3. The Morgan fingerprint density at radius 1 is 1.16 bits per heavy atom. The highest BCUT2D eigenvalue weighted by Gasteiger charge is 2.38. The summed E-state index contributed by atoms with van der Waals surface area (Å²) in [6.07, 6.45) is 3.54. The first-order valence-electron chi connectivity index (χ1n) is 9.21. The normalized spacial score (nSPS) is 27.4. The number of piperidine rings is 2. The van der Waals surface area contributed by atoms with E-state index in [1.54, 1.807) is 4.90 Å². The minimum atomic E-state index is -2.62. The Morgan fingerprint density at radius 3 is 2.64 bits per heavy atom. The lowest BCUT2D eigenvalue weighted by molar-refractivity contribution is -0.143. The Bertz CT molecular complexity index is 622. The fourth-order valence-corrected chi connectivity index (χ4v) is 3.73. The molecule has 3 heterocycles. The molecule has 1 amide bonds. The van der Waals surface area contributed by atoms with Gasteiger partial charge in [-0.15, -0.1) is 10.2 Å². The standard InChI is InChI=1S/C17H24F2N4O2/c18-17(19)5-8-23(9-6-17)16(24)13-2-1-7-22(10-13)11-14-20-21-15(25-14)12-3-4-12/h12-13H,1-11H2. The van der Waals surface area contributed by atoms with Gasteiger partial charge < -0.3 is 9.32 Å². The molecule has 138 valence electrons. The van der Waals surface area contributed by atoms with Gasteiger partial charge in [0, 0.05) is 38.4 Å². The molecule has 3 aliphatic rings. The van der Waals surface area contributed by atoms with Crippen molar-refractivity contribution in [3.8, 4) is 0 Å². The van der Waals surface area contributed by atoms with E-state index >= 15 is 0 Å². The molecule has 2 aliphatic heterocycles. The number of carbonyl (C=O) groups excluding carboxylic acids is 1. The number of alkyl halides is 2. The number of hydrogen-bond donors (Lipinski definition) is 0. The molecule has 1 aliphatic carbocycles. The summed E-state index contributed by atoms with van der Waals surface area (Å²) in [4.78, 5) is 16.4. The van der Waals surface area contributed by atoms with Crippen molar-refractivity contribution in [2.45, 2.75) is 56.9 Å². The van der Waals surface area contributed by atoms with Crippen LogP contribution in [0.2, 0.25) is 0 Å². The van der Waals surface area contributed by atoms with Gasteiger partial charge in [0.05, 0.1) is 12.5 Å². The Kier molecular flexibility index (Phi) is 4.47. The molecule has 0 spiro atoms. The summed E-state index contributed by atoms with van der Waals surface area (Å²) >= 11 is 0. The Hall–Kier alpha value is -1.57. The minimum Gasteiger partial charge on any atom is -0.424 e. The number of nitrogens with zero attached hydrogens (tertiary/aromatic N) is 4. The van der Waals surface area contributed by atoms with Gasteiger partial charge in [0.1, 0.15) is 0 Å². The molecular weight excluding hydrogens is 330 g/mol. The van der Waals surface area contributed by atoms with Gasteiger partial charge in [0.2, 0.25) is 17.7 Å². The zero-order chi connectivity index (χ0) is 17.4. The lowest BCUT2D eigenvalue weighted by atomic mass is 9.95. The molecule has 2 saturated heterocycles. The van der Waals surface area contributed by atoms with E-state index < -0.39 is 5.92 Å². The number of hydrogen-bond acceptors (Lipinski definition) is 5. The molecule has 0 N–H and O–H groups in total. The lowest BCUT2D eigenvalue weighted by Crippen LogP contribution is -2.48. The van der Waals surface area contributed by atoms with E-state index in [0.717, 1.165) is 38.1 Å². The van der Waals surface area contributed by atoms with E-state index in [9.17, 15) is 13.6 Å². The Labute approximate surface area is 145 Å². The van der Waals surface area contributed by atoms with Crippen LogP contribution in [0.15, 0.2) is 4.42 Å². The molecule has 6 nitrogen and oxygen atoms in total. The fraction of sp³-hybridized carbons (Fsp3) is 0.824. The zero-order valence-electron chi connectivity index (χ0n) is 14.3. The predicted molar refractivity (Wildman–Crippen MR) is 85.0 cm³/mol. The van der Waals surface area contributed by atoms with Crippen LogP contribution in [-0.2, 0) is 11.3 Å². The van der Waals surface area contributed by atoms with Gasteiger partial charge in [-0.25, -0.2) is 8.78 Å². The van der Waals surface area contributed by atoms with Gasteiger partial charge in [-0.05, 0) is 32.2 Å². The van der Waals surface area contributed by atoms with Gasteiger partial charge >= 0.3 is 0 Å². The third-order valence-corrected chi connectivity index (χ3v) is 5.43. The number of amides is 1. The fourth-order valence-electron chi connectivity index (χ4n) is 3.73. The number of aromatic nitrogens is 2. The van der Waals surface area contributed by atoms with E-state index in [4.69, 9.17) is 4.42 Å². The van der Waals surface area contributed by atoms with Crippen LogP contribution in [-0.4, -0.2) is 58.0 Å². The molecular formula is C17H24F2N4O2. The predicted octanol–water partition coefficient (Wildman–Crippen LogP) is 2.42. The summed E-state index contributed by atoms with van der Waals surface area (Å²) < 4.78 is 32.3. The van der Waals surface area contributed by atoms with E-state index in [1.807, 2.05) is 0 Å². The quantitative estimate of drug-likeness (QED) is 0.831. The second-order valence-electron chi connectivity index (χ2n) is 7.56. The molecule has 1 aromatic heterocycles. The van der Waals surface area contributed by atoms with Crippen LogP contribution in [0, 0.1) is 5.92 Å². The summed E-state index contributed by atoms with van der Waals surface area (Å²) in [7, 11) is 0. The largest absolute Gasteiger partial charge is 0.424 e. The molecule has 25 heavy (non-hydrogen) atoms. The van der Waals surface area contributed by atoms with Crippen molar-refractivity contribution >= 4 is 5.91 Å². The third-order valence-electron chi connectivity index (χ3n) is 5.43. The van der Waals surface area contributed by atoms with Crippen LogP contribution in [0.5, 0.6) is 0 Å². The van der Waals surface area contributed by atoms with Crippen molar-refractivity contribution in [3.05, 3.63) is 11.8 Å². The lowest BCUT2D eigenvalue weighted by Gasteiger charge is -2.37. The molecule has 0 radical (unpaired) electrons. The van der Waals surface area contributed by atoms with Crippen LogP contribution >= 0.6 is 0 Å². The van der Waals surface area contributed by atoms with Crippen molar-refractivity contribution in [1.29, 1.82) is 0 Å². The molecule has 3 fully saturated rings. The highest BCUT2D eigenvalue weighted by molar-refractivity contribution is 5.79. The summed E-state index contributed by atoms with van der Waals surface area (Å²) in [5.41, 5.74) is 0. The number of carbonyl (C=O) groups is 1. The monoisotopic (exact) mass is 354 g/mol. The van der Waals surface area contributed by atoms with Crippen LogP contribution < -0.4 is 0 Å². The van der Waals surface area contributed by atoms with Gasteiger partial charge in [0.25, 0.3) is 5.92 Å². The second kappa shape index (κ2) is 6.63. The number of likely N-dealkylation sites (tertiary alicyclic amines) is 2.